The standard InChI is InChI=1S/C19H23N3O5/c1-13-7-8-15(11-16(13)22(25)26)18(24)27-14(2)17(23)21(3)19(12-20)9-5-4-6-10-19/h7-8,11,14H,4-6,9-10H2,1-3H3/t14-/m1/s1. The first-order valence-electron chi connectivity index (χ1n) is 8.87. The van der Waals surface area contributed by atoms with Crippen molar-refractivity contribution in [1.82, 2.24) is 4.90 Å². The zero-order valence-electron chi connectivity index (χ0n) is 15.7. The number of esters is 1. The summed E-state index contributed by atoms with van der Waals surface area (Å²) in [5.74, 6) is -1.28. The van der Waals surface area contributed by atoms with Gasteiger partial charge in [0.1, 0.15) is 5.54 Å². The fourth-order valence-corrected chi connectivity index (χ4v) is 3.35. The van der Waals surface area contributed by atoms with Crippen molar-refractivity contribution in [3.63, 3.8) is 0 Å². The lowest BCUT2D eigenvalue weighted by molar-refractivity contribution is -0.385. The summed E-state index contributed by atoms with van der Waals surface area (Å²) in [6.07, 6.45) is 2.85. The largest absolute Gasteiger partial charge is 0.449 e. The average molecular weight is 373 g/mol. The maximum absolute atomic E-state index is 12.7. The molecule has 0 aromatic heterocycles. The molecule has 0 spiro atoms. The first-order valence-corrected chi connectivity index (χ1v) is 8.87. The number of carbonyl (C=O) groups excluding carboxylic acids is 2. The van der Waals surface area contributed by atoms with Crippen LogP contribution in [0.25, 0.3) is 0 Å². The summed E-state index contributed by atoms with van der Waals surface area (Å²) in [6, 6.07) is 6.27. The molecule has 1 saturated carbocycles. The van der Waals surface area contributed by atoms with Gasteiger partial charge >= 0.3 is 5.97 Å². The first kappa shape index (κ1) is 20.4. The van der Waals surface area contributed by atoms with Gasteiger partial charge in [0, 0.05) is 18.7 Å². The highest BCUT2D eigenvalue weighted by atomic mass is 16.6. The molecule has 144 valence electrons. The van der Waals surface area contributed by atoms with Gasteiger partial charge < -0.3 is 9.64 Å². The quantitative estimate of drug-likeness (QED) is 0.445. The van der Waals surface area contributed by atoms with E-state index < -0.39 is 28.4 Å². The normalized spacial score (nSPS) is 16.7. The van der Waals surface area contributed by atoms with Crippen LogP contribution in [0.2, 0.25) is 0 Å². The highest BCUT2D eigenvalue weighted by Crippen LogP contribution is 2.33. The lowest BCUT2D eigenvalue weighted by Crippen LogP contribution is -2.53. The van der Waals surface area contributed by atoms with Crippen LogP contribution in [0.1, 0.15) is 54.9 Å². The number of likely N-dealkylation sites (N-methyl/N-ethyl adjacent to an activating group) is 1. The number of nitrogens with zero attached hydrogens (tertiary/aromatic N) is 3. The Morgan fingerprint density at radius 3 is 2.52 bits per heavy atom. The topological polar surface area (TPSA) is 114 Å². The Labute approximate surface area is 157 Å². The molecular formula is C19H23N3O5. The molecule has 1 atom stereocenters. The van der Waals surface area contributed by atoms with Crippen LogP contribution in [-0.2, 0) is 9.53 Å². The van der Waals surface area contributed by atoms with Crippen LogP contribution in [0.5, 0.6) is 0 Å². The number of hydrogen-bond donors (Lipinski definition) is 0. The first-order chi connectivity index (χ1) is 12.7. The summed E-state index contributed by atoms with van der Waals surface area (Å²) in [4.78, 5) is 36.8. The Morgan fingerprint density at radius 1 is 1.33 bits per heavy atom. The summed E-state index contributed by atoms with van der Waals surface area (Å²) in [5, 5.41) is 20.6. The predicted molar refractivity (Wildman–Crippen MR) is 96.9 cm³/mol. The summed E-state index contributed by atoms with van der Waals surface area (Å²) >= 11 is 0. The van der Waals surface area contributed by atoms with E-state index in [4.69, 9.17) is 4.74 Å². The van der Waals surface area contributed by atoms with Crippen molar-refractivity contribution >= 4 is 17.6 Å². The number of nitro groups is 1. The van der Waals surface area contributed by atoms with Gasteiger partial charge in [-0.25, -0.2) is 4.79 Å². The minimum Gasteiger partial charge on any atom is -0.449 e. The lowest BCUT2D eigenvalue weighted by Gasteiger charge is -2.39. The van der Waals surface area contributed by atoms with E-state index in [2.05, 4.69) is 6.07 Å². The molecule has 0 radical (unpaired) electrons. The van der Waals surface area contributed by atoms with Crippen molar-refractivity contribution in [3.8, 4) is 6.07 Å². The molecule has 8 heteroatoms. The highest BCUT2D eigenvalue weighted by Gasteiger charge is 2.40. The molecule has 0 bridgehead atoms. The van der Waals surface area contributed by atoms with Crippen LogP contribution in [0.3, 0.4) is 0 Å². The number of amides is 1. The minimum atomic E-state index is -1.10. The molecule has 1 aromatic rings. The number of nitriles is 1. The van der Waals surface area contributed by atoms with Gasteiger partial charge in [-0.1, -0.05) is 25.3 Å². The molecule has 0 N–H and O–H groups in total. The maximum atomic E-state index is 12.7. The molecule has 0 aliphatic heterocycles. The Hall–Kier alpha value is -2.95. The molecule has 1 fully saturated rings. The molecule has 1 aliphatic carbocycles. The molecule has 0 heterocycles. The third kappa shape index (κ3) is 4.25. The second kappa shape index (κ2) is 8.16. The van der Waals surface area contributed by atoms with Gasteiger partial charge in [-0.15, -0.1) is 0 Å². The van der Waals surface area contributed by atoms with E-state index in [1.807, 2.05) is 0 Å². The Kier molecular flexibility index (Phi) is 6.16. The minimum absolute atomic E-state index is 0.00210. The number of rotatable bonds is 5. The summed E-state index contributed by atoms with van der Waals surface area (Å²) in [6.45, 7) is 3.01. The van der Waals surface area contributed by atoms with Gasteiger partial charge in [-0.2, -0.15) is 5.26 Å². The van der Waals surface area contributed by atoms with Crippen molar-refractivity contribution in [2.75, 3.05) is 7.05 Å². The van der Waals surface area contributed by atoms with Crippen molar-refractivity contribution in [3.05, 3.63) is 39.4 Å². The summed E-state index contributed by atoms with van der Waals surface area (Å²) < 4.78 is 5.21. The highest BCUT2D eigenvalue weighted by molar-refractivity contribution is 5.93. The second-order valence-electron chi connectivity index (χ2n) is 6.91. The maximum Gasteiger partial charge on any atom is 0.339 e. The molecule has 1 aromatic carbocycles. The van der Waals surface area contributed by atoms with Crippen LogP contribution in [0.4, 0.5) is 5.69 Å². The molecule has 27 heavy (non-hydrogen) atoms. The molecular weight excluding hydrogens is 350 g/mol. The smallest absolute Gasteiger partial charge is 0.339 e. The Morgan fingerprint density at radius 2 is 1.96 bits per heavy atom. The Bertz CT molecular complexity index is 793. The van der Waals surface area contributed by atoms with Gasteiger partial charge in [0.2, 0.25) is 0 Å². The van der Waals surface area contributed by atoms with Gasteiger partial charge in [0.05, 0.1) is 16.6 Å². The number of aryl methyl sites for hydroxylation is 1. The third-order valence-corrected chi connectivity index (χ3v) is 5.13. The van der Waals surface area contributed by atoms with Crippen LogP contribution in [-0.4, -0.2) is 40.4 Å². The zero-order chi connectivity index (χ0) is 20.2. The van der Waals surface area contributed by atoms with Crippen LogP contribution < -0.4 is 0 Å². The summed E-state index contributed by atoms with van der Waals surface area (Å²) in [5.41, 5.74) is -0.638. The average Bonchev–Trinajstić information content (AvgIpc) is 2.67. The van der Waals surface area contributed by atoms with Crippen molar-refractivity contribution < 1.29 is 19.2 Å². The van der Waals surface area contributed by atoms with E-state index >= 15 is 0 Å². The van der Waals surface area contributed by atoms with E-state index in [0.717, 1.165) is 25.3 Å². The van der Waals surface area contributed by atoms with Crippen LogP contribution >= 0.6 is 0 Å². The fraction of sp³-hybridized carbons (Fsp3) is 0.526. The molecule has 0 saturated heterocycles. The van der Waals surface area contributed by atoms with E-state index in [1.165, 1.54) is 24.0 Å². The number of carbonyl (C=O) groups is 2. The molecule has 1 aliphatic rings. The fourth-order valence-electron chi connectivity index (χ4n) is 3.35. The van der Waals surface area contributed by atoms with Crippen molar-refractivity contribution in [2.45, 2.75) is 57.6 Å². The van der Waals surface area contributed by atoms with E-state index in [1.54, 1.807) is 14.0 Å². The SMILES string of the molecule is Cc1ccc(C(=O)O[C@H](C)C(=O)N(C)C2(C#N)CCCCC2)cc1[N+](=O)[O-]. The van der Waals surface area contributed by atoms with Crippen LogP contribution in [0.15, 0.2) is 18.2 Å². The van der Waals surface area contributed by atoms with E-state index in [0.29, 0.717) is 18.4 Å². The van der Waals surface area contributed by atoms with Gasteiger partial charge in [-0.05, 0) is 32.8 Å². The molecule has 2 rings (SSSR count). The van der Waals surface area contributed by atoms with Crippen molar-refractivity contribution in [2.24, 2.45) is 0 Å². The lowest BCUT2D eigenvalue weighted by atomic mass is 9.81. The predicted octanol–water partition coefficient (Wildman–Crippen LogP) is 3.13. The van der Waals surface area contributed by atoms with Gasteiger partial charge in [0.15, 0.2) is 6.10 Å². The van der Waals surface area contributed by atoms with Crippen LogP contribution in [0, 0.1) is 28.4 Å². The number of benzene rings is 1. The zero-order valence-corrected chi connectivity index (χ0v) is 15.7. The number of nitro benzene ring substituents is 1. The third-order valence-electron chi connectivity index (χ3n) is 5.13. The van der Waals surface area contributed by atoms with E-state index in [9.17, 15) is 25.0 Å². The second-order valence-corrected chi connectivity index (χ2v) is 6.91. The molecule has 0 unspecified atom stereocenters. The van der Waals surface area contributed by atoms with Gasteiger partial charge in [0.25, 0.3) is 11.6 Å². The number of hydrogen-bond acceptors (Lipinski definition) is 6. The van der Waals surface area contributed by atoms with Gasteiger partial charge in [-0.3, -0.25) is 14.9 Å². The monoisotopic (exact) mass is 373 g/mol. The molecule has 8 nitrogen and oxygen atoms in total. The molecule has 1 amide bonds. The summed E-state index contributed by atoms with van der Waals surface area (Å²) in [7, 11) is 1.55. The van der Waals surface area contributed by atoms with Crippen molar-refractivity contribution in [1.29, 1.82) is 5.26 Å². The van der Waals surface area contributed by atoms with E-state index in [-0.39, 0.29) is 11.3 Å². The number of ether oxygens (including phenoxy) is 1. The Balaban J connectivity index is 2.12.